The van der Waals surface area contributed by atoms with Gasteiger partial charge in [-0.2, -0.15) is 0 Å². The smallest absolute Gasteiger partial charge is 0.337 e. The first-order valence-corrected chi connectivity index (χ1v) is 5.08. The van der Waals surface area contributed by atoms with E-state index in [1.807, 2.05) is 6.07 Å². The van der Waals surface area contributed by atoms with E-state index < -0.39 is 17.6 Å². The second-order valence-corrected chi connectivity index (χ2v) is 4.43. The number of nitrogens with two attached hydrogens (primary N) is 1. The van der Waals surface area contributed by atoms with Crippen molar-refractivity contribution in [3.05, 3.63) is 35.9 Å². The molecule has 0 fully saturated rings. The topological polar surface area (TPSA) is 72.5 Å². The third kappa shape index (κ3) is 4.00. The molecule has 0 saturated carbocycles. The Balaban J connectivity index is 2.74. The molecule has 1 aromatic carbocycles. The normalized spacial score (nSPS) is 13.4. The van der Waals surface area contributed by atoms with Crippen molar-refractivity contribution in [3.63, 3.8) is 0 Å². The molecule has 0 heterocycles. The van der Waals surface area contributed by atoms with Gasteiger partial charge in [-0.3, -0.25) is 0 Å². The second-order valence-electron chi connectivity index (χ2n) is 4.43. The van der Waals surface area contributed by atoms with Crippen LogP contribution in [-0.2, 0) is 9.53 Å². The van der Waals surface area contributed by atoms with Crippen molar-refractivity contribution in [2.75, 3.05) is 6.61 Å². The molecule has 0 bridgehead atoms. The van der Waals surface area contributed by atoms with Crippen molar-refractivity contribution in [2.24, 2.45) is 5.73 Å². The number of hydrogen-bond acceptors (Lipinski definition) is 3. The molecule has 0 saturated heterocycles. The van der Waals surface area contributed by atoms with Gasteiger partial charge in [0.05, 0.1) is 6.61 Å². The van der Waals surface area contributed by atoms with Crippen LogP contribution in [0, 0.1) is 0 Å². The van der Waals surface area contributed by atoms with E-state index in [4.69, 9.17) is 15.6 Å². The molecular formula is C12H17NO3. The van der Waals surface area contributed by atoms with Crippen molar-refractivity contribution in [1.82, 2.24) is 0 Å². The molecule has 0 aliphatic carbocycles. The highest BCUT2D eigenvalue weighted by molar-refractivity contribution is 5.74. The van der Waals surface area contributed by atoms with E-state index in [0.717, 1.165) is 0 Å². The molecule has 0 aliphatic rings. The fourth-order valence-electron chi connectivity index (χ4n) is 1.24. The molecule has 0 radical (unpaired) electrons. The lowest BCUT2D eigenvalue weighted by Gasteiger charge is -2.22. The molecule has 4 heteroatoms. The quantitative estimate of drug-likeness (QED) is 0.794. The van der Waals surface area contributed by atoms with Gasteiger partial charge in [-0.15, -0.1) is 0 Å². The van der Waals surface area contributed by atoms with E-state index in [9.17, 15) is 4.79 Å². The van der Waals surface area contributed by atoms with Gasteiger partial charge in [0.25, 0.3) is 0 Å². The van der Waals surface area contributed by atoms with E-state index in [-0.39, 0.29) is 6.61 Å². The number of ether oxygens (including phenoxy) is 1. The highest BCUT2D eigenvalue weighted by atomic mass is 16.5. The number of rotatable bonds is 5. The summed E-state index contributed by atoms with van der Waals surface area (Å²) in [7, 11) is 0. The van der Waals surface area contributed by atoms with Crippen molar-refractivity contribution in [1.29, 1.82) is 0 Å². The Morgan fingerprint density at radius 1 is 1.44 bits per heavy atom. The molecule has 1 unspecified atom stereocenters. The summed E-state index contributed by atoms with van der Waals surface area (Å²) in [5, 5.41) is 9.06. The fraction of sp³-hybridized carbons (Fsp3) is 0.417. The number of carbonyl (C=O) groups is 1. The molecule has 1 aromatic rings. The average molecular weight is 223 g/mol. The van der Waals surface area contributed by atoms with Crippen molar-refractivity contribution >= 4 is 5.97 Å². The minimum Gasteiger partial charge on any atom is -0.479 e. The first-order chi connectivity index (χ1) is 7.40. The highest BCUT2D eigenvalue weighted by Gasteiger charge is 2.23. The zero-order valence-corrected chi connectivity index (χ0v) is 9.51. The zero-order valence-electron chi connectivity index (χ0n) is 9.51. The van der Waals surface area contributed by atoms with Crippen LogP contribution in [-0.4, -0.2) is 23.2 Å². The Morgan fingerprint density at radius 3 is 2.44 bits per heavy atom. The molecule has 4 nitrogen and oxygen atoms in total. The Kier molecular flexibility index (Phi) is 4.04. The second kappa shape index (κ2) is 5.09. The van der Waals surface area contributed by atoms with Crippen molar-refractivity contribution < 1.29 is 14.6 Å². The lowest BCUT2D eigenvalue weighted by molar-refractivity contribution is -0.151. The SMILES string of the molecule is CC(C)(N)COC(C(=O)O)c1ccccc1. The molecule has 0 aromatic heterocycles. The number of carboxylic acid groups (broad SMARTS) is 1. The summed E-state index contributed by atoms with van der Waals surface area (Å²) in [4.78, 5) is 11.1. The van der Waals surface area contributed by atoms with E-state index in [2.05, 4.69) is 0 Å². The predicted molar refractivity (Wildman–Crippen MR) is 61.0 cm³/mol. The van der Waals surface area contributed by atoms with Crippen LogP contribution in [0.4, 0.5) is 0 Å². The highest BCUT2D eigenvalue weighted by Crippen LogP contribution is 2.18. The van der Waals surface area contributed by atoms with Crippen LogP contribution in [0.15, 0.2) is 30.3 Å². The number of benzene rings is 1. The molecule has 0 spiro atoms. The molecule has 0 amide bonds. The molecule has 0 aliphatic heterocycles. The van der Waals surface area contributed by atoms with Gasteiger partial charge >= 0.3 is 5.97 Å². The minimum atomic E-state index is -1.00. The molecular weight excluding hydrogens is 206 g/mol. The lowest BCUT2D eigenvalue weighted by atomic mass is 10.1. The maximum absolute atomic E-state index is 11.1. The molecule has 1 atom stereocenters. The van der Waals surface area contributed by atoms with Crippen LogP contribution in [0.3, 0.4) is 0 Å². The van der Waals surface area contributed by atoms with Gasteiger partial charge in [0.15, 0.2) is 6.10 Å². The lowest BCUT2D eigenvalue weighted by Crippen LogP contribution is -2.38. The molecule has 88 valence electrons. The van der Waals surface area contributed by atoms with Gasteiger partial charge in [-0.25, -0.2) is 4.79 Å². The summed E-state index contributed by atoms with van der Waals surface area (Å²) in [6.45, 7) is 3.77. The van der Waals surface area contributed by atoms with Gasteiger partial charge in [-0.1, -0.05) is 30.3 Å². The van der Waals surface area contributed by atoms with Crippen LogP contribution in [0.5, 0.6) is 0 Å². The number of carboxylic acids is 1. The number of hydrogen-bond donors (Lipinski definition) is 2. The maximum atomic E-state index is 11.1. The van der Waals surface area contributed by atoms with Crippen LogP contribution >= 0.6 is 0 Å². The molecule has 16 heavy (non-hydrogen) atoms. The van der Waals surface area contributed by atoms with E-state index in [1.54, 1.807) is 38.1 Å². The molecule has 3 N–H and O–H groups in total. The Bertz CT molecular complexity index is 343. The fourth-order valence-corrected chi connectivity index (χ4v) is 1.24. The standard InChI is InChI=1S/C12H17NO3/c1-12(2,13)8-16-10(11(14)15)9-6-4-3-5-7-9/h3-7,10H,8,13H2,1-2H3,(H,14,15). The summed E-state index contributed by atoms with van der Waals surface area (Å²) in [5.41, 5.74) is 5.83. The predicted octanol–water partition coefficient (Wildman–Crippen LogP) is 1.57. The maximum Gasteiger partial charge on any atom is 0.337 e. The Labute approximate surface area is 95.0 Å². The van der Waals surface area contributed by atoms with Crippen LogP contribution in [0.2, 0.25) is 0 Å². The van der Waals surface area contributed by atoms with Gasteiger partial charge in [0.1, 0.15) is 0 Å². The summed E-state index contributed by atoms with van der Waals surface area (Å²) in [5.74, 6) is -1.00. The minimum absolute atomic E-state index is 0.193. The Hall–Kier alpha value is -1.39. The summed E-state index contributed by atoms with van der Waals surface area (Å²) < 4.78 is 5.33. The largest absolute Gasteiger partial charge is 0.479 e. The van der Waals surface area contributed by atoms with Gasteiger partial charge < -0.3 is 15.6 Å². The summed E-state index contributed by atoms with van der Waals surface area (Å²) >= 11 is 0. The summed E-state index contributed by atoms with van der Waals surface area (Å²) in [6, 6.07) is 8.84. The Morgan fingerprint density at radius 2 is 2.00 bits per heavy atom. The monoisotopic (exact) mass is 223 g/mol. The van der Waals surface area contributed by atoms with Gasteiger partial charge in [0.2, 0.25) is 0 Å². The third-order valence-corrected chi connectivity index (χ3v) is 1.95. The van der Waals surface area contributed by atoms with E-state index >= 15 is 0 Å². The van der Waals surface area contributed by atoms with E-state index in [0.29, 0.717) is 5.56 Å². The first-order valence-electron chi connectivity index (χ1n) is 5.08. The molecule has 1 rings (SSSR count). The van der Waals surface area contributed by atoms with Crippen LogP contribution in [0.1, 0.15) is 25.5 Å². The van der Waals surface area contributed by atoms with E-state index in [1.165, 1.54) is 0 Å². The third-order valence-electron chi connectivity index (χ3n) is 1.95. The van der Waals surface area contributed by atoms with Gasteiger partial charge in [-0.05, 0) is 19.4 Å². The van der Waals surface area contributed by atoms with Crippen LogP contribution < -0.4 is 5.73 Å². The first kappa shape index (κ1) is 12.7. The van der Waals surface area contributed by atoms with Crippen LogP contribution in [0.25, 0.3) is 0 Å². The zero-order chi connectivity index (χ0) is 12.2. The average Bonchev–Trinajstić information content (AvgIpc) is 2.17. The number of aliphatic carboxylic acids is 1. The van der Waals surface area contributed by atoms with Crippen molar-refractivity contribution in [2.45, 2.75) is 25.5 Å². The van der Waals surface area contributed by atoms with Gasteiger partial charge in [0, 0.05) is 5.54 Å². The summed E-state index contributed by atoms with van der Waals surface area (Å²) in [6.07, 6.45) is -0.955. The van der Waals surface area contributed by atoms with Crippen molar-refractivity contribution in [3.8, 4) is 0 Å².